The van der Waals surface area contributed by atoms with Gasteiger partial charge in [-0.05, 0) is 13.8 Å². The van der Waals surface area contributed by atoms with Crippen molar-refractivity contribution >= 4 is 23.5 Å². The molecule has 0 radical (unpaired) electrons. The number of carbonyl (C=O) groups is 4. The second-order valence-corrected chi connectivity index (χ2v) is 5.91. The molecule has 0 bridgehead atoms. The summed E-state index contributed by atoms with van der Waals surface area (Å²) in [4.78, 5) is 38.6. The predicted molar refractivity (Wildman–Crippen MR) is 84.3 cm³/mol. The van der Waals surface area contributed by atoms with Crippen LogP contribution >= 0.6 is 0 Å². The molecule has 0 unspecified atom stereocenters. The Morgan fingerprint density at radius 3 is 1.12 bits per heavy atom. The zero-order valence-electron chi connectivity index (χ0n) is 15.7. The Bertz CT molecular complexity index is 322. The molecule has 0 heterocycles. The van der Waals surface area contributed by atoms with Crippen molar-refractivity contribution in [3.05, 3.63) is 13.2 Å². The zero-order valence-corrected chi connectivity index (χ0v) is 17.3. The first-order valence-corrected chi connectivity index (χ1v) is 8.60. The Morgan fingerprint density at radius 2 is 1.04 bits per heavy atom. The summed E-state index contributed by atoms with van der Waals surface area (Å²) in [5, 5.41) is 19.0. The van der Waals surface area contributed by atoms with E-state index in [1.165, 1.54) is 13.8 Å². The number of aliphatic carboxylic acids is 2. The number of hydrogen-bond acceptors (Lipinski definition) is 8. The van der Waals surface area contributed by atoms with Crippen molar-refractivity contribution in [2.75, 3.05) is 0 Å². The topological polar surface area (TPSA) is 133 Å². The van der Waals surface area contributed by atoms with E-state index in [-0.39, 0.29) is 11.6 Å². The fraction of sp³-hybridized carbons (Fsp3) is 0.625. The van der Waals surface area contributed by atoms with Gasteiger partial charge in [0.1, 0.15) is 11.6 Å². The summed E-state index contributed by atoms with van der Waals surface area (Å²) in [6.45, 7) is 16.5. The monoisotopic (exact) mass is 396 g/mol. The van der Waals surface area contributed by atoms with Gasteiger partial charge in [0.15, 0.2) is 0 Å². The van der Waals surface area contributed by atoms with Gasteiger partial charge in [-0.15, -0.1) is 13.2 Å². The van der Waals surface area contributed by atoms with Crippen LogP contribution in [0, 0.1) is 0 Å². The molecule has 0 saturated heterocycles. The van der Waals surface area contributed by atoms with Crippen LogP contribution in [0.15, 0.2) is 13.2 Å². The summed E-state index contributed by atoms with van der Waals surface area (Å²) < 4.78 is 10.5. The first-order chi connectivity index (χ1) is 11.4. The van der Waals surface area contributed by atoms with Gasteiger partial charge in [0, 0.05) is 24.8 Å². The second-order valence-electron chi connectivity index (χ2n) is 4.92. The molecular formula is C16H28O8Ti. The van der Waals surface area contributed by atoms with Gasteiger partial charge in [-0.3, -0.25) is 9.59 Å². The Balaban J connectivity index is -0.000000127. The molecule has 8 nitrogen and oxygen atoms in total. The molecule has 25 heavy (non-hydrogen) atoms. The van der Waals surface area contributed by atoms with E-state index in [0.717, 1.165) is 0 Å². The number of carboxylic acids is 2. The van der Waals surface area contributed by atoms with E-state index in [1.807, 2.05) is 27.7 Å². The molecule has 0 aliphatic heterocycles. The van der Waals surface area contributed by atoms with Gasteiger partial charge in [-0.1, -0.05) is 0 Å². The number of ketones is 2. The number of Topliss-reactive ketones (excluding diaryl/α,β-unsaturated/α-hetero) is 2. The van der Waals surface area contributed by atoms with Crippen LogP contribution in [0.5, 0.6) is 0 Å². The van der Waals surface area contributed by atoms with Crippen molar-refractivity contribution < 1.29 is 56.0 Å². The molecular weight excluding hydrogens is 368 g/mol. The van der Waals surface area contributed by atoms with Gasteiger partial charge in [0.25, 0.3) is 0 Å². The Hall–Kier alpha value is -1.35. The van der Waals surface area contributed by atoms with Gasteiger partial charge in [0.05, 0.1) is 0 Å². The van der Waals surface area contributed by atoms with Crippen LogP contribution in [0.4, 0.5) is 0 Å². The van der Waals surface area contributed by atoms with E-state index in [2.05, 4.69) is 13.2 Å². The standard InChI is InChI=1S/2C4H6O3.2C3H7O.C2H4.Ti/c2*1-3(5)2-4(6)7;2*1-3(2)4;1-2;/h2*2H2,1H3,(H,6,7);2*3H,1-2H3;1-2H2;/q;;2*-1;;+4/p-2. The van der Waals surface area contributed by atoms with E-state index in [4.69, 9.17) is 6.64 Å². The Kier molecular flexibility index (Phi) is 28.5. The Labute approximate surface area is 159 Å². The van der Waals surface area contributed by atoms with E-state index < -0.39 is 44.7 Å². The molecule has 0 saturated carbocycles. The van der Waals surface area contributed by atoms with Crippen LogP contribution in [0.25, 0.3) is 0 Å². The summed E-state index contributed by atoms with van der Waals surface area (Å²) in [5.41, 5.74) is 0. The summed E-state index contributed by atoms with van der Waals surface area (Å²) >= 11 is -0.574. The number of carboxylic acid groups (broad SMARTS) is 2. The van der Waals surface area contributed by atoms with E-state index >= 15 is 0 Å². The van der Waals surface area contributed by atoms with Gasteiger partial charge in [-0.25, -0.2) is 0 Å². The molecule has 0 atom stereocenters. The molecule has 0 aliphatic rings. The van der Waals surface area contributed by atoms with E-state index in [1.54, 1.807) is 0 Å². The van der Waals surface area contributed by atoms with Crippen molar-refractivity contribution in [2.45, 2.75) is 66.6 Å². The predicted octanol–water partition coefficient (Wildman–Crippen LogP) is -0.0181. The maximum atomic E-state index is 9.83. The fourth-order valence-electron chi connectivity index (χ4n) is 0.627. The van der Waals surface area contributed by atoms with Crippen LogP contribution in [0.1, 0.15) is 54.4 Å². The third-order valence-corrected chi connectivity index (χ3v) is 3.13. The SMILES string of the molecule is C=C.CC(=O)CC(=O)[O-].CC(=O)CC(=O)[O-].CC(C)[O][Ti+2][O]C(C)C. The normalized spacial score (nSPS) is 8.48. The molecule has 0 fully saturated rings. The quantitative estimate of drug-likeness (QED) is 0.318. The molecule has 0 N–H and O–H groups in total. The van der Waals surface area contributed by atoms with Gasteiger partial charge < -0.3 is 19.8 Å². The molecule has 0 aromatic carbocycles. The van der Waals surface area contributed by atoms with Crippen LogP contribution in [0.3, 0.4) is 0 Å². The molecule has 0 aromatic rings. The van der Waals surface area contributed by atoms with Crippen molar-refractivity contribution in [3.63, 3.8) is 0 Å². The third-order valence-electron chi connectivity index (χ3n) is 1.35. The molecule has 9 heteroatoms. The van der Waals surface area contributed by atoms with Crippen molar-refractivity contribution in [3.8, 4) is 0 Å². The maximum absolute atomic E-state index is 9.83. The zero-order chi connectivity index (χ0) is 21.0. The molecule has 0 aromatic heterocycles. The molecule has 0 aliphatic carbocycles. The van der Waals surface area contributed by atoms with Crippen LogP contribution in [0.2, 0.25) is 0 Å². The molecule has 0 amide bonds. The van der Waals surface area contributed by atoms with Crippen molar-refractivity contribution in [1.29, 1.82) is 0 Å². The summed E-state index contributed by atoms with van der Waals surface area (Å²) in [5.74, 6) is -3.37. The minimum atomic E-state index is -1.31. The minimum absolute atomic E-state index is 0.323. The summed E-state index contributed by atoms with van der Waals surface area (Å²) in [6.07, 6.45) is -0.299. The van der Waals surface area contributed by atoms with Crippen molar-refractivity contribution in [2.24, 2.45) is 0 Å². The molecule has 144 valence electrons. The fourth-order valence-corrected chi connectivity index (χ4v) is 1.31. The molecule has 0 spiro atoms. The van der Waals surface area contributed by atoms with Gasteiger partial charge in [0.2, 0.25) is 0 Å². The van der Waals surface area contributed by atoms with Gasteiger partial charge >= 0.3 is 66.5 Å². The van der Waals surface area contributed by atoms with Crippen LogP contribution in [-0.2, 0) is 45.7 Å². The Morgan fingerprint density at radius 1 is 0.800 bits per heavy atom. The summed E-state index contributed by atoms with van der Waals surface area (Å²) in [7, 11) is 0. The van der Waals surface area contributed by atoms with E-state index in [0.29, 0.717) is 12.2 Å². The van der Waals surface area contributed by atoms with Crippen molar-refractivity contribution in [1.82, 2.24) is 0 Å². The van der Waals surface area contributed by atoms with Crippen LogP contribution in [-0.4, -0.2) is 35.7 Å². The third kappa shape index (κ3) is 60.4. The van der Waals surface area contributed by atoms with Gasteiger partial charge in [-0.2, -0.15) is 0 Å². The first kappa shape index (κ1) is 31.4. The van der Waals surface area contributed by atoms with Crippen LogP contribution < -0.4 is 10.2 Å². The summed E-state index contributed by atoms with van der Waals surface area (Å²) in [6, 6.07) is 0. The van der Waals surface area contributed by atoms with E-state index in [9.17, 15) is 29.4 Å². The average Bonchev–Trinajstić information content (AvgIpc) is 2.38. The average molecular weight is 396 g/mol. The number of carbonyl (C=O) groups excluding carboxylic acids is 4. The number of hydrogen-bond donors (Lipinski definition) is 0. The number of rotatable bonds is 8. The second kappa shape index (κ2) is 22.7. The molecule has 0 rings (SSSR count). The first-order valence-electron chi connectivity index (χ1n) is 7.33.